The molecule has 1 rings (SSSR count). The molecular formula is C9H16OS. The minimum Gasteiger partial charge on any atom is -0.389 e. The summed E-state index contributed by atoms with van der Waals surface area (Å²) < 4.78 is 0. The van der Waals surface area contributed by atoms with Gasteiger partial charge in [-0.25, -0.2) is 0 Å². The van der Waals surface area contributed by atoms with Gasteiger partial charge in [-0.1, -0.05) is 6.08 Å². The zero-order chi connectivity index (χ0) is 8.10. The second-order valence-corrected chi connectivity index (χ2v) is 4.32. The summed E-state index contributed by atoms with van der Waals surface area (Å²) in [5.74, 6) is 3.28. The van der Waals surface area contributed by atoms with E-state index >= 15 is 0 Å². The molecule has 1 fully saturated rings. The van der Waals surface area contributed by atoms with Crippen molar-refractivity contribution in [3.8, 4) is 0 Å². The summed E-state index contributed by atoms with van der Waals surface area (Å²) in [6.45, 7) is 3.57. The molecule has 0 aromatic rings. The van der Waals surface area contributed by atoms with Gasteiger partial charge in [0.2, 0.25) is 0 Å². The van der Waals surface area contributed by atoms with E-state index in [1.165, 1.54) is 24.3 Å². The van der Waals surface area contributed by atoms with E-state index in [9.17, 15) is 5.11 Å². The highest BCUT2D eigenvalue weighted by molar-refractivity contribution is 7.99. The van der Waals surface area contributed by atoms with Crippen molar-refractivity contribution in [1.82, 2.24) is 0 Å². The Bertz CT molecular complexity index is 119. The van der Waals surface area contributed by atoms with Gasteiger partial charge in [-0.3, -0.25) is 0 Å². The molecule has 0 radical (unpaired) electrons. The zero-order valence-corrected chi connectivity index (χ0v) is 7.65. The topological polar surface area (TPSA) is 20.2 Å². The van der Waals surface area contributed by atoms with Crippen LogP contribution in [0.4, 0.5) is 0 Å². The normalized spacial score (nSPS) is 23.0. The molecule has 0 aliphatic carbocycles. The van der Waals surface area contributed by atoms with Gasteiger partial charge in [0.25, 0.3) is 0 Å². The average Bonchev–Trinajstić information content (AvgIpc) is 2.06. The first-order valence-corrected chi connectivity index (χ1v) is 5.36. The molecular weight excluding hydrogens is 156 g/mol. The lowest BCUT2D eigenvalue weighted by Crippen LogP contribution is -2.15. The molecule has 0 bridgehead atoms. The van der Waals surface area contributed by atoms with Gasteiger partial charge in [-0.15, -0.1) is 6.58 Å². The van der Waals surface area contributed by atoms with Crippen LogP contribution < -0.4 is 0 Å². The minimum absolute atomic E-state index is 0.275. The number of hydrogen-bond donors (Lipinski definition) is 1. The Morgan fingerprint density at radius 2 is 2.18 bits per heavy atom. The second kappa shape index (κ2) is 4.83. The van der Waals surface area contributed by atoms with Crippen LogP contribution in [0.1, 0.15) is 19.3 Å². The molecule has 1 saturated heterocycles. The van der Waals surface area contributed by atoms with Crippen molar-refractivity contribution in [1.29, 1.82) is 0 Å². The lowest BCUT2D eigenvalue weighted by molar-refractivity contribution is 0.183. The van der Waals surface area contributed by atoms with E-state index in [1.54, 1.807) is 6.08 Å². The van der Waals surface area contributed by atoms with Crippen LogP contribution >= 0.6 is 11.8 Å². The van der Waals surface area contributed by atoms with Gasteiger partial charge in [-0.2, -0.15) is 11.8 Å². The van der Waals surface area contributed by atoms with Crippen LogP contribution in [0.25, 0.3) is 0 Å². The minimum atomic E-state index is -0.275. The Kier molecular flexibility index (Phi) is 4.02. The monoisotopic (exact) mass is 172 g/mol. The molecule has 1 aliphatic heterocycles. The Hall–Kier alpha value is 0.0500. The maximum absolute atomic E-state index is 9.29. The Morgan fingerprint density at radius 1 is 1.55 bits per heavy atom. The molecule has 1 atom stereocenters. The van der Waals surface area contributed by atoms with E-state index in [-0.39, 0.29) is 6.10 Å². The molecule has 1 N–H and O–H groups in total. The van der Waals surface area contributed by atoms with Crippen molar-refractivity contribution in [3.63, 3.8) is 0 Å². The van der Waals surface area contributed by atoms with Crippen molar-refractivity contribution in [2.24, 2.45) is 5.92 Å². The summed E-state index contributed by atoms with van der Waals surface area (Å²) >= 11 is 2.03. The third-order valence-electron chi connectivity index (χ3n) is 2.19. The van der Waals surface area contributed by atoms with Crippen molar-refractivity contribution < 1.29 is 5.11 Å². The lowest BCUT2D eigenvalue weighted by Gasteiger charge is -2.22. The molecule has 1 nitrogen and oxygen atoms in total. The highest BCUT2D eigenvalue weighted by atomic mass is 32.2. The highest BCUT2D eigenvalue weighted by Crippen LogP contribution is 2.26. The fourth-order valence-electron chi connectivity index (χ4n) is 1.42. The molecule has 64 valence electrons. The highest BCUT2D eigenvalue weighted by Gasteiger charge is 2.15. The largest absolute Gasteiger partial charge is 0.389 e. The van der Waals surface area contributed by atoms with Crippen LogP contribution in [0.3, 0.4) is 0 Å². The molecule has 0 aromatic heterocycles. The molecule has 11 heavy (non-hydrogen) atoms. The summed E-state index contributed by atoms with van der Waals surface area (Å²) in [4.78, 5) is 0. The summed E-state index contributed by atoms with van der Waals surface area (Å²) in [6.07, 6.45) is 4.83. The van der Waals surface area contributed by atoms with Crippen LogP contribution in [0.2, 0.25) is 0 Å². The van der Waals surface area contributed by atoms with Gasteiger partial charge in [-0.05, 0) is 36.7 Å². The number of aliphatic hydroxyl groups excluding tert-OH is 1. The van der Waals surface area contributed by atoms with Gasteiger partial charge in [0.1, 0.15) is 0 Å². The van der Waals surface area contributed by atoms with Crippen LogP contribution in [0, 0.1) is 5.92 Å². The smallest absolute Gasteiger partial charge is 0.0720 e. The molecule has 1 unspecified atom stereocenters. The molecule has 0 saturated carbocycles. The van der Waals surface area contributed by atoms with Gasteiger partial charge < -0.3 is 5.11 Å². The summed E-state index contributed by atoms with van der Waals surface area (Å²) in [5, 5.41) is 9.29. The predicted octanol–water partition coefficient (Wildman–Crippen LogP) is 2.07. The van der Waals surface area contributed by atoms with Crippen LogP contribution in [0.5, 0.6) is 0 Å². The van der Waals surface area contributed by atoms with Gasteiger partial charge in [0.15, 0.2) is 0 Å². The van der Waals surface area contributed by atoms with Crippen LogP contribution in [0.15, 0.2) is 12.7 Å². The van der Waals surface area contributed by atoms with Crippen LogP contribution in [-0.2, 0) is 0 Å². The first kappa shape index (κ1) is 9.14. The van der Waals surface area contributed by atoms with Crippen LogP contribution in [-0.4, -0.2) is 22.7 Å². The first-order valence-electron chi connectivity index (χ1n) is 4.21. The maximum Gasteiger partial charge on any atom is 0.0720 e. The maximum atomic E-state index is 9.29. The fraction of sp³-hybridized carbons (Fsp3) is 0.778. The predicted molar refractivity (Wildman–Crippen MR) is 50.9 cm³/mol. The number of thioether (sulfide) groups is 1. The zero-order valence-electron chi connectivity index (χ0n) is 6.83. The molecule has 0 aromatic carbocycles. The van der Waals surface area contributed by atoms with E-state index in [0.717, 1.165) is 12.3 Å². The third kappa shape index (κ3) is 3.30. The summed E-state index contributed by atoms with van der Waals surface area (Å²) in [5.41, 5.74) is 0. The number of rotatable bonds is 3. The fourth-order valence-corrected chi connectivity index (χ4v) is 2.62. The lowest BCUT2D eigenvalue weighted by atomic mass is 9.96. The van der Waals surface area contributed by atoms with Crippen molar-refractivity contribution in [3.05, 3.63) is 12.7 Å². The van der Waals surface area contributed by atoms with Gasteiger partial charge >= 0.3 is 0 Å². The van der Waals surface area contributed by atoms with Gasteiger partial charge in [0, 0.05) is 0 Å². The van der Waals surface area contributed by atoms with E-state index in [4.69, 9.17) is 0 Å². The van der Waals surface area contributed by atoms with Crippen molar-refractivity contribution >= 4 is 11.8 Å². The first-order chi connectivity index (χ1) is 5.33. The van der Waals surface area contributed by atoms with Crippen molar-refractivity contribution in [2.75, 3.05) is 11.5 Å². The van der Waals surface area contributed by atoms with E-state index in [1.807, 2.05) is 11.8 Å². The van der Waals surface area contributed by atoms with E-state index in [2.05, 4.69) is 6.58 Å². The molecule has 1 heterocycles. The molecule has 0 spiro atoms. The Balaban J connectivity index is 2.18. The third-order valence-corrected chi connectivity index (χ3v) is 3.24. The standard InChI is InChI=1S/C9H16OS/c1-2-9(10)7-8-3-5-11-6-4-8/h2,8-10H,1,3-7H2. The average molecular weight is 172 g/mol. The number of hydrogen-bond acceptors (Lipinski definition) is 2. The van der Waals surface area contributed by atoms with Crippen molar-refractivity contribution in [2.45, 2.75) is 25.4 Å². The van der Waals surface area contributed by atoms with E-state index in [0.29, 0.717) is 0 Å². The molecule has 1 aliphatic rings. The van der Waals surface area contributed by atoms with Gasteiger partial charge in [0.05, 0.1) is 6.10 Å². The second-order valence-electron chi connectivity index (χ2n) is 3.09. The SMILES string of the molecule is C=CC(O)CC1CCSCC1. The Labute approximate surface area is 72.9 Å². The quantitative estimate of drug-likeness (QED) is 0.658. The Morgan fingerprint density at radius 3 is 2.73 bits per heavy atom. The molecule has 2 heteroatoms. The summed E-state index contributed by atoms with van der Waals surface area (Å²) in [7, 11) is 0. The van der Waals surface area contributed by atoms with E-state index < -0.39 is 0 Å². The number of aliphatic hydroxyl groups is 1. The molecule has 0 amide bonds. The summed E-state index contributed by atoms with van der Waals surface area (Å²) in [6, 6.07) is 0.